The quantitative estimate of drug-likeness (QED) is 0.302. The fraction of sp³-hybridized carbons (Fsp3) is 0.364. The standard InChI is InChI=1S/C22H24N8O5/c31-30(32)17-3-1-2-16(14-17)19-5-4-18(35-19)15-23-27-20-24-21(28-6-10-33-11-7-28)26-22(25-20)29-8-12-34-13-9-29/h1-5,14-15H,6-13H2,(H,24,25,26,27)/b23-15+. The summed E-state index contributed by atoms with van der Waals surface area (Å²) in [7, 11) is 0. The third-order valence-corrected chi connectivity index (χ3v) is 5.52. The van der Waals surface area contributed by atoms with Crippen molar-refractivity contribution in [2.75, 3.05) is 67.8 Å². The van der Waals surface area contributed by atoms with Crippen LogP contribution in [0.15, 0.2) is 45.9 Å². The van der Waals surface area contributed by atoms with Crippen LogP contribution in [0, 0.1) is 10.1 Å². The number of anilines is 3. The average molecular weight is 480 g/mol. The molecule has 1 aromatic carbocycles. The molecule has 35 heavy (non-hydrogen) atoms. The monoisotopic (exact) mass is 480 g/mol. The fourth-order valence-corrected chi connectivity index (χ4v) is 3.72. The molecule has 13 heteroatoms. The van der Waals surface area contributed by atoms with Gasteiger partial charge < -0.3 is 23.7 Å². The van der Waals surface area contributed by atoms with E-state index in [2.05, 4.69) is 35.3 Å². The van der Waals surface area contributed by atoms with Crippen LogP contribution in [0.2, 0.25) is 0 Å². The number of furan rings is 1. The van der Waals surface area contributed by atoms with E-state index in [0.29, 0.717) is 87.5 Å². The second-order valence-corrected chi connectivity index (χ2v) is 7.84. The first-order valence-electron chi connectivity index (χ1n) is 11.2. The summed E-state index contributed by atoms with van der Waals surface area (Å²) in [5, 5.41) is 15.2. The second-order valence-electron chi connectivity index (χ2n) is 7.84. The first kappa shape index (κ1) is 22.7. The van der Waals surface area contributed by atoms with Crippen LogP contribution >= 0.6 is 0 Å². The molecule has 0 atom stereocenters. The van der Waals surface area contributed by atoms with Gasteiger partial charge in [-0.3, -0.25) is 10.1 Å². The first-order valence-corrected chi connectivity index (χ1v) is 11.2. The third-order valence-electron chi connectivity index (χ3n) is 5.52. The molecule has 182 valence electrons. The predicted octanol–water partition coefficient (Wildman–Crippen LogP) is 2.16. The highest BCUT2D eigenvalue weighted by Crippen LogP contribution is 2.25. The van der Waals surface area contributed by atoms with Gasteiger partial charge in [0.1, 0.15) is 11.5 Å². The summed E-state index contributed by atoms with van der Waals surface area (Å²) < 4.78 is 16.7. The molecule has 1 N–H and O–H groups in total. The molecular formula is C22H24N8O5. The summed E-state index contributed by atoms with van der Waals surface area (Å²) in [6.07, 6.45) is 1.49. The molecule has 0 spiro atoms. The lowest BCUT2D eigenvalue weighted by Gasteiger charge is -2.30. The number of hydrogen-bond acceptors (Lipinski definition) is 12. The molecule has 2 aliphatic rings. The Morgan fingerprint density at radius 2 is 1.60 bits per heavy atom. The van der Waals surface area contributed by atoms with Crippen LogP contribution in [0.3, 0.4) is 0 Å². The predicted molar refractivity (Wildman–Crippen MR) is 128 cm³/mol. The normalized spacial score (nSPS) is 16.6. The van der Waals surface area contributed by atoms with Crippen molar-refractivity contribution in [1.29, 1.82) is 0 Å². The van der Waals surface area contributed by atoms with Gasteiger partial charge in [-0.05, 0) is 12.1 Å². The van der Waals surface area contributed by atoms with Gasteiger partial charge in [-0.2, -0.15) is 20.1 Å². The third kappa shape index (κ3) is 5.53. The van der Waals surface area contributed by atoms with Gasteiger partial charge in [0.05, 0.1) is 37.6 Å². The van der Waals surface area contributed by atoms with Crippen LogP contribution in [0.4, 0.5) is 23.5 Å². The first-order chi connectivity index (χ1) is 17.2. The smallest absolute Gasteiger partial charge is 0.270 e. The van der Waals surface area contributed by atoms with Gasteiger partial charge >= 0.3 is 0 Å². The highest BCUT2D eigenvalue weighted by molar-refractivity contribution is 5.78. The van der Waals surface area contributed by atoms with Gasteiger partial charge in [0.25, 0.3) is 5.69 Å². The second kappa shape index (κ2) is 10.4. The number of nitrogens with one attached hydrogen (secondary N) is 1. The Balaban J connectivity index is 1.32. The number of ether oxygens (including phenoxy) is 2. The number of aromatic nitrogens is 3. The molecule has 0 unspecified atom stereocenters. The zero-order valence-electron chi connectivity index (χ0n) is 18.9. The Kier molecular flexibility index (Phi) is 6.77. The van der Waals surface area contributed by atoms with E-state index in [1.165, 1.54) is 18.3 Å². The number of nitro groups is 1. The molecule has 5 rings (SSSR count). The van der Waals surface area contributed by atoms with E-state index in [1.807, 2.05) is 0 Å². The number of non-ortho nitro benzene ring substituents is 1. The summed E-state index contributed by atoms with van der Waals surface area (Å²) in [5.41, 5.74) is 3.47. The maximum Gasteiger partial charge on any atom is 0.270 e. The number of morpholine rings is 2. The zero-order valence-corrected chi connectivity index (χ0v) is 18.9. The number of rotatable bonds is 7. The van der Waals surface area contributed by atoms with Crippen LogP contribution in [0.1, 0.15) is 5.76 Å². The Morgan fingerprint density at radius 3 is 2.23 bits per heavy atom. The summed E-state index contributed by atoms with van der Waals surface area (Å²) in [6, 6.07) is 9.72. The van der Waals surface area contributed by atoms with Crippen molar-refractivity contribution in [2.45, 2.75) is 0 Å². The van der Waals surface area contributed by atoms with Gasteiger partial charge in [0.15, 0.2) is 0 Å². The van der Waals surface area contributed by atoms with Gasteiger partial charge in [-0.25, -0.2) is 5.43 Å². The number of hydrazone groups is 1. The van der Waals surface area contributed by atoms with Crippen LogP contribution in [-0.4, -0.2) is 78.7 Å². The highest BCUT2D eigenvalue weighted by Gasteiger charge is 2.20. The van der Waals surface area contributed by atoms with E-state index in [4.69, 9.17) is 13.9 Å². The molecule has 0 radical (unpaired) electrons. The lowest BCUT2D eigenvalue weighted by molar-refractivity contribution is -0.384. The van der Waals surface area contributed by atoms with Crippen molar-refractivity contribution in [1.82, 2.24) is 15.0 Å². The van der Waals surface area contributed by atoms with Crippen molar-refractivity contribution < 1.29 is 18.8 Å². The van der Waals surface area contributed by atoms with Crippen LogP contribution in [0.5, 0.6) is 0 Å². The number of benzene rings is 1. The molecule has 2 fully saturated rings. The maximum atomic E-state index is 11.0. The van der Waals surface area contributed by atoms with Gasteiger partial charge in [0, 0.05) is 43.9 Å². The molecular weight excluding hydrogens is 456 g/mol. The lowest BCUT2D eigenvalue weighted by Crippen LogP contribution is -2.40. The van der Waals surface area contributed by atoms with Crippen molar-refractivity contribution in [2.24, 2.45) is 5.10 Å². The summed E-state index contributed by atoms with van der Waals surface area (Å²) in [5.74, 6) is 2.40. The zero-order chi connectivity index (χ0) is 24.0. The van der Waals surface area contributed by atoms with E-state index in [0.717, 1.165) is 0 Å². The Morgan fingerprint density at radius 1 is 0.943 bits per heavy atom. The topological polar surface area (TPSA) is 144 Å². The minimum Gasteiger partial charge on any atom is -0.455 e. The molecule has 4 heterocycles. The van der Waals surface area contributed by atoms with E-state index >= 15 is 0 Å². The molecule has 2 aliphatic heterocycles. The summed E-state index contributed by atoms with van der Waals surface area (Å²) in [6.45, 7) is 5.25. The molecule has 13 nitrogen and oxygen atoms in total. The Bertz CT molecular complexity index is 1170. The van der Waals surface area contributed by atoms with Crippen molar-refractivity contribution >= 4 is 29.7 Å². The van der Waals surface area contributed by atoms with E-state index in [9.17, 15) is 10.1 Å². The fourth-order valence-electron chi connectivity index (χ4n) is 3.72. The minimum absolute atomic E-state index is 0.00207. The molecule has 2 aromatic heterocycles. The molecule has 2 saturated heterocycles. The molecule has 0 amide bonds. The average Bonchev–Trinajstić information content (AvgIpc) is 3.39. The Labute approximate surface area is 200 Å². The van der Waals surface area contributed by atoms with Crippen LogP contribution < -0.4 is 15.2 Å². The van der Waals surface area contributed by atoms with Gasteiger partial charge in [-0.1, -0.05) is 12.1 Å². The van der Waals surface area contributed by atoms with E-state index in [1.54, 1.807) is 24.3 Å². The number of nitro benzene ring substituents is 1. The van der Waals surface area contributed by atoms with Gasteiger partial charge in [0.2, 0.25) is 17.8 Å². The minimum atomic E-state index is -0.441. The van der Waals surface area contributed by atoms with Crippen molar-refractivity contribution in [3.05, 3.63) is 52.3 Å². The van der Waals surface area contributed by atoms with E-state index in [-0.39, 0.29) is 5.69 Å². The summed E-state index contributed by atoms with van der Waals surface area (Å²) in [4.78, 5) is 28.4. The van der Waals surface area contributed by atoms with Crippen LogP contribution in [-0.2, 0) is 9.47 Å². The Hall–Kier alpha value is -4.10. The molecule has 0 saturated carbocycles. The van der Waals surface area contributed by atoms with Gasteiger partial charge in [-0.15, -0.1) is 0 Å². The molecule has 0 aliphatic carbocycles. The highest BCUT2D eigenvalue weighted by atomic mass is 16.6. The summed E-state index contributed by atoms with van der Waals surface area (Å²) >= 11 is 0. The van der Waals surface area contributed by atoms with Crippen molar-refractivity contribution in [3.8, 4) is 11.3 Å². The SMILES string of the molecule is O=[N+]([O-])c1cccc(-c2ccc(/C=N/Nc3nc(N4CCOCC4)nc(N4CCOCC4)n3)o2)c1. The molecule has 3 aromatic rings. The van der Waals surface area contributed by atoms with Crippen molar-refractivity contribution in [3.63, 3.8) is 0 Å². The van der Waals surface area contributed by atoms with E-state index < -0.39 is 4.92 Å². The molecule has 0 bridgehead atoms. The maximum absolute atomic E-state index is 11.0. The van der Waals surface area contributed by atoms with Crippen LogP contribution in [0.25, 0.3) is 11.3 Å². The number of hydrogen-bond donors (Lipinski definition) is 1. The lowest BCUT2D eigenvalue weighted by atomic mass is 10.1. The number of nitrogens with zero attached hydrogens (tertiary/aromatic N) is 7. The largest absolute Gasteiger partial charge is 0.455 e.